The number of rotatable bonds is 4. The molecule has 2 nitrogen and oxygen atoms in total. The summed E-state index contributed by atoms with van der Waals surface area (Å²) in [7, 11) is 0. The van der Waals surface area contributed by atoms with Gasteiger partial charge in [-0.15, -0.1) is 11.3 Å². The Kier molecular flexibility index (Phi) is 4.51. The smallest absolute Gasteiger partial charge is 0.125 e. The van der Waals surface area contributed by atoms with Crippen LogP contribution in [0.15, 0.2) is 30.3 Å². The second-order valence-corrected chi connectivity index (χ2v) is 5.94. The second kappa shape index (κ2) is 5.93. The molecule has 1 heterocycles. The molecule has 1 atom stereocenters. The number of benzene rings is 1. The molecule has 0 bridgehead atoms. The van der Waals surface area contributed by atoms with Gasteiger partial charge in [0.1, 0.15) is 16.2 Å². The Morgan fingerprint density at radius 2 is 2.00 bits per heavy atom. The van der Waals surface area contributed by atoms with Crippen molar-refractivity contribution in [2.24, 2.45) is 0 Å². The number of ether oxygens (including phenoxy) is 1. The molecule has 0 spiro atoms. The molecule has 0 saturated carbocycles. The van der Waals surface area contributed by atoms with Gasteiger partial charge < -0.3 is 9.84 Å². The van der Waals surface area contributed by atoms with E-state index < -0.39 is 6.10 Å². The first kappa shape index (κ1) is 13.7. The van der Waals surface area contributed by atoms with Gasteiger partial charge in [-0.2, -0.15) is 0 Å². The first-order valence-corrected chi connectivity index (χ1v) is 7.05. The zero-order valence-corrected chi connectivity index (χ0v) is 12.0. The van der Waals surface area contributed by atoms with Gasteiger partial charge in [0.25, 0.3) is 0 Å². The third-order valence-corrected chi connectivity index (χ3v) is 4.01. The highest BCUT2D eigenvalue weighted by Gasteiger charge is 2.20. The minimum atomic E-state index is -0.830. The Bertz CT molecular complexity index is 540. The minimum absolute atomic E-state index is 0.499. The number of thiophene rings is 1. The summed E-state index contributed by atoms with van der Waals surface area (Å²) in [6.45, 7) is 2.44. The molecular formula is C13H12Cl2O2S. The molecule has 2 rings (SSSR count). The van der Waals surface area contributed by atoms with Crippen molar-refractivity contribution in [3.63, 3.8) is 0 Å². The number of hydrogen-bond acceptors (Lipinski definition) is 3. The second-order valence-electron chi connectivity index (χ2n) is 3.65. The maximum atomic E-state index is 10.4. The van der Waals surface area contributed by atoms with Gasteiger partial charge in [-0.3, -0.25) is 0 Å². The van der Waals surface area contributed by atoms with Gasteiger partial charge >= 0.3 is 0 Å². The number of aliphatic hydroxyl groups excluding tert-OH is 1. The standard InChI is InChI=1S/C13H12Cl2O2S/c1-2-17-10-6-4-3-5-8(10)12(16)9-7-11(14)18-13(9)15/h3-7,12,16H,2H2,1H3. The molecule has 96 valence electrons. The topological polar surface area (TPSA) is 29.5 Å². The normalized spacial score (nSPS) is 12.4. The van der Waals surface area contributed by atoms with E-state index >= 15 is 0 Å². The average Bonchev–Trinajstić information content (AvgIpc) is 2.69. The summed E-state index contributed by atoms with van der Waals surface area (Å²) in [6.07, 6.45) is -0.830. The first-order chi connectivity index (χ1) is 8.63. The number of aliphatic hydroxyl groups is 1. The van der Waals surface area contributed by atoms with Crippen molar-refractivity contribution < 1.29 is 9.84 Å². The monoisotopic (exact) mass is 302 g/mol. The summed E-state index contributed by atoms with van der Waals surface area (Å²) >= 11 is 13.2. The van der Waals surface area contributed by atoms with Crippen LogP contribution in [0.3, 0.4) is 0 Å². The van der Waals surface area contributed by atoms with Crippen molar-refractivity contribution in [3.8, 4) is 5.75 Å². The van der Waals surface area contributed by atoms with Gasteiger partial charge in [0.05, 0.1) is 10.9 Å². The van der Waals surface area contributed by atoms with Crippen molar-refractivity contribution in [2.75, 3.05) is 6.61 Å². The fourth-order valence-electron chi connectivity index (χ4n) is 1.70. The molecule has 0 amide bonds. The minimum Gasteiger partial charge on any atom is -0.493 e. The van der Waals surface area contributed by atoms with Crippen molar-refractivity contribution in [1.29, 1.82) is 0 Å². The molecule has 0 fully saturated rings. The number of para-hydroxylation sites is 1. The van der Waals surface area contributed by atoms with Crippen LogP contribution in [0.5, 0.6) is 5.75 Å². The summed E-state index contributed by atoms with van der Waals surface area (Å²) in [4.78, 5) is 0. The highest BCUT2D eigenvalue weighted by Crippen LogP contribution is 2.39. The fraction of sp³-hybridized carbons (Fsp3) is 0.231. The molecule has 1 aromatic heterocycles. The molecule has 2 aromatic rings. The maximum Gasteiger partial charge on any atom is 0.125 e. The van der Waals surface area contributed by atoms with Gasteiger partial charge in [-0.05, 0) is 19.1 Å². The summed E-state index contributed by atoms with van der Waals surface area (Å²) in [5, 5.41) is 10.4. The van der Waals surface area contributed by atoms with E-state index in [4.69, 9.17) is 27.9 Å². The number of halogens is 2. The van der Waals surface area contributed by atoms with Crippen LogP contribution in [-0.2, 0) is 0 Å². The predicted octanol–water partition coefficient (Wildman–Crippen LogP) is 4.54. The van der Waals surface area contributed by atoms with Gasteiger partial charge in [-0.25, -0.2) is 0 Å². The Balaban J connectivity index is 2.39. The van der Waals surface area contributed by atoms with Crippen molar-refractivity contribution in [1.82, 2.24) is 0 Å². The van der Waals surface area contributed by atoms with E-state index in [0.29, 0.717) is 32.2 Å². The quantitative estimate of drug-likeness (QED) is 0.899. The van der Waals surface area contributed by atoms with Crippen molar-refractivity contribution >= 4 is 34.5 Å². The van der Waals surface area contributed by atoms with E-state index in [1.807, 2.05) is 31.2 Å². The lowest BCUT2D eigenvalue weighted by Crippen LogP contribution is -2.03. The predicted molar refractivity (Wildman–Crippen MR) is 76.0 cm³/mol. The maximum absolute atomic E-state index is 10.4. The molecule has 5 heteroatoms. The molecule has 0 aliphatic carbocycles. The first-order valence-electron chi connectivity index (χ1n) is 5.48. The summed E-state index contributed by atoms with van der Waals surface area (Å²) in [5.41, 5.74) is 1.30. The van der Waals surface area contributed by atoms with E-state index in [1.54, 1.807) is 6.07 Å². The van der Waals surface area contributed by atoms with Crippen LogP contribution in [0.25, 0.3) is 0 Å². The molecular weight excluding hydrogens is 291 g/mol. The molecule has 0 aliphatic rings. The van der Waals surface area contributed by atoms with Crippen LogP contribution in [-0.4, -0.2) is 11.7 Å². The van der Waals surface area contributed by atoms with Crippen LogP contribution in [0, 0.1) is 0 Å². The summed E-state index contributed by atoms with van der Waals surface area (Å²) in [5.74, 6) is 0.658. The van der Waals surface area contributed by atoms with Crippen molar-refractivity contribution in [3.05, 3.63) is 50.1 Å². The molecule has 1 unspecified atom stereocenters. The summed E-state index contributed by atoms with van der Waals surface area (Å²) in [6, 6.07) is 9.04. The lowest BCUT2D eigenvalue weighted by atomic mass is 10.0. The molecule has 1 N–H and O–H groups in total. The third kappa shape index (κ3) is 2.81. The zero-order valence-electron chi connectivity index (χ0n) is 9.69. The zero-order chi connectivity index (χ0) is 13.1. The lowest BCUT2D eigenvalue weighted by Gasteiger charge is -2.15. The molecule has 1 aromatic carbocycles. The Morgan fingerprint density at radius 3 is 2.61 bits per heavy atom. The van der Waals surface area contributed by atoms with Gasteiger partial charge in [0.2, 0.25) is 0 Å². The van der Waals surface area contributed by atoms with Gasteiger partial charge in [-0.1, -0.05) is 41.4 Å². The SMILES string of the molecule is CCOc1ccccc1C(O)c1cc(Cl)sc1Cl. The average molecular weight is 303 g/mol. The van der Waals surface area contributed by atoms with Crippen LogP contribution in [0.1, 0.15) is 24.2 Å². The summed E-state index contributed by atoms with van der Waals surface area (Å²) < 4.78 is 6.55. The molecule has 0 radical (unpaired) electrons. The van der Waals surface area contributed by atoms with E-state index in [-0.39, 0.29) is 0 Å². The van der Waals surface area contributed by atoms with E-state index in [9.17, 15) is 5.11 Å². The Hall–Kier alpha value is -0.740. The van der Waals surface area contributed by atoms with Gasteiger partial charge in [0, 0.05) is 11.1 Å². The van der Waals surface area contributed by atoms with Crippen LogP contribution in [0.2, 0.25) is 8.67 Å². The van der Waals surface area contributed by atoms with Gasteiger partial charge in [0.15, 0.2) is 0 Å². The number of hydrogen-bond donors (Lipinski definition) is 1. The Morgan fingerprint density at radius 1 is 1.28 bits per heavy atom. The van der Waals surface area contributed by atoms with E-state index in [1.165, 1.54) is 11.3 Å². The molecule has 0 saturated heterocycles. The Labute approximate surface area is 120 Å². The highest BCUT2D eigenvalue weighted by molar-refractivity contribution is 7.20. The van der Waals surface area contributed by atoms with Crippen LogP contribution < -0.4 is 4.74 Å². The van der Waals surface area contributed by atoms with Crippen molar-refractivity contribution in [2.45, 2.75) is 13.0 Å². The third-order valence-electron chi connectivity index (χ3n) is 2.49. The van der Waals surface area contributed by atoms with E-state index in [2.05, 4.69) is 0 Å². The van der Waals surface area contributed by atoms with E-state index in [0.717, 1.165) is 0 Å². The highest BCUT2D eigenvalue weighted by atomic mass is 35.5. The molecule has 18 heavy (non-hydrogen) atoms. The molecule has 0 aliphatic heterocycles. The van der Waals surface area contributed by atoms with Crippen LogP contribution >= 0.6 is 34.5 Å². The fourth-order valence-corrected chi connectivity index (χ4v) is 3.22. The van der Waals surface area contributed by atoms with Crippen LogP contribution in [0.4, 0.5) is 0 Å². The lowest BCUT2D eigenvalue weighted by molar-refractivity contribution is 0.212. The largest absolute Gasteiger partial charge is 0.493 e.